The monoisotopic (exact) mass is 260 g/mol. The van der Waals surface area contributed by atoms with E-state index in [1.165, 1.54) is 10.4 Å². The van der Waals surface area contributed by atoms with Crippen molar-refractivity contribution in [2.24, 2.45) is 0 Å². The zero-order valence-electron chi connectivity index (χ0n) is 8.69. The Balaban J connectivity index is 2.30. The molecule has 1 fully saturated rings. The quantitative estimate of drug-likeness (QED) is 0.861. The molecule has 1 aliphatic heterocycles. The van der Waals surface area contributed by atoms with Gasteiger partial charge in [-0.1, -0.05) is 17.7 Å². The summed E-state index contributed by atoms with van der Waals surface area (Å²) in [5.41, 5.74) is 0. The van der Waals surface area contributed by atoms with Crippen LogP contribution in [0.15, 0.2) is 29.2 Å². The van der Waals surface area contributed by atoms with Crippen molar-refractivity contribution in [3.63, 3.8) is 0 Å². The minimum Gasteiger partial charge on any atom is -0.314 e. The van der Waals surface area contributed by atoms with Crippen LogP contribution in [0.5, 0.6) is 0 Å². The van der Waals surface area contributed by atoms with Gasteiger partial charge in [-0.3, -0.25) is 0 Å². The molecule has 0 bridgehead atoms. The van der Waals surface area contributed by atoms with Crippen molar-refractivity contribution >= 4 is 21.6 Å². The number of halogens is 1. The van der Waals surface area contributed by atoms with Crippen molar-refractivity contribution in [3.05, 3.63) is 29.3 Å². The van der Waals surface area contributed by atoms with Gasteiger partial charge in [0, 0.05) is 31.2 Å². The number of hydrogen-bond acceptors (Lipinski definition) is 3. The predicted molar refractivity (Wildman–Crippen MR) is 63.1 cm³/mol. The molecule has 88 valence electrons. The summed E-state index contributed by atoms with van der Waals surface area (Å²) >= 11 is 5.79. The molecule has 0 saturated carbocycles. The van der Waals surface area contributed by atoms with Crippen LogP contribution in [-0.2, 0) is 10.0 Å². The molecule has 6 heteroatoms. The van der Waals surface area contributed by atoms with Crippen LogP contribution in [0, 0.1) is 0 Å². The molecule has 1 aliphatic rings. The van der Waals surface area contributed by atoms with Crippen LogP contribution in [-0.4, -0.2) is 38.9 Å². The normalized spacial score (nSPS) is 18.6. The summed E-state index contributed by atoms with van der Waals surface area (Å²) in [6.45, 7) is 2.41. The topological polar surface area (TPSA) is 49.4 Å². The van der Waals surface area contributed by atoms with E-state index >= 15 is 0 Å². The number of piperazine rings is 1. The van der Waals surface area contributed by atoms with Crippen molar-refractivity contribution in [1.82, 2.24) is 9.62 Å². The zero-order valence-corrected chi connectivity index (χ0v) is 10.3. The number of hydrogen-bond donors (Lipinski definition) is 1. The molecule has 1 aromatic rings. The smallest absolute Gasteiger partial charge is 0.243 e. The molecule has 2 rings (SSSR count). The summed E-state index contributed by atoms with van der Waals surface area (Å²) in [7, 11) is -3.38. The Labute approximate surface area is 100 Å². The third kappa shape index (κ3) is 2.38. The molecule has 1 aromatic carbocycles. The van der Waals surface area contributed by atoms with Crippen molar-refractivity contribution < 1.29 is 8.42 Å². The third-order valence-electron chi connectivity index (χ3n) is 2.51. The Bertz CT molecular complexity index is 469. The molecule has 0 amide bonds. The largest absolute Gasteiger partial charge is 0.314 e. The van der Waals surface area contributed by atoms with Gasteiger partial charge in [-0.05, 0) is 18.2 Å². The average molecular weight is 261 g/mol. The summed E-state index contributed by atoms with van der Waals surface area (Å²) in [6, 6.07) is 6.37. The summed E-state index contributed by atoms with van der Waals surface area (Å²) < 4.78 is 25.8. The van der Waals surface area contributed by atoms with Gasteiger partial charge in [0.15, 0.2) is 0 Å². The molecule has 1 N–H and O–H groups in total. The minimum absolute atomic E-state index is 0.266. The lowest BCUT2D eigenvalue weighted by molar-refractivity contribution is 0.360. The molecule has 0 spiro atoms. The van der Waals surface area contributed by atoms with E-state index in [4.69, 9.17) is 11.6 Å². The number of nitrogens with one attached hydrogen (secondary N) is 1. The zero-order chi connectivity index (χ0) is 11.6. The van der Waals surface area contributed by atoms with Crippen molar-refractivity contribution in [3.8, 4) is 0 Å². The second-order valence-electron chi connectivity index (χ2n) is 3.61. The number of rotatable bonds is 2. The Morgan fingerprint density at radius 2 is 1.94 bits per heavy atom. The van der Waals surface area contributed by atoms with E-state index < -0.39 is 10.0 Å². The molecule has 0 radical (unpaired) electrons. The van der Waals surface area contributed by atoms with Crippen molar-refractivity contribution in [2.45, 2.75) is 4.90 Å². The van der Waals surface area contributed by atoms with Gasteiger partial charge >= 0.3 is 0 Å². The first-order valence-electron chi connectivity index (χ1n) is 5.07. The standard InChI is InChI=1S/C10H13ClN2O2S/c11-9-2-1-3-10(8-9)16(14,15)13-6-4-12-5-7-13/h1-3,8,12H,4-7H2. The number of nitrogens with zero attached hydrogens (tertiary/aromatic N) is 1. The fraction of sp³-hybridized carbons (Fsp3) is 0.400. The molecular formula is C10H13ClN2O2S. The number of benzene rings is 1. The first-order chi connectivity index (χ1) is 7.60. The van der Waals surface area contributed by atoms with E-state index in [2.05, 4.69) is 5.32 Å². The maximum absolute atomic E-state index is 12.2. The molecule has 0 atom stereocenters. The number of sulfonamides is 1. The van der Waals surface area contributed by atoms with E-state index in [0.717, 1.165) is 0 Å². The summed E-state index contributed by atoms with van der Waals surface area (Å²) in [4.78, 5) is 0.266. The van der Waals surface area contributed by atoms with Gasteiger partial charge < -0.3 is 5.32 Å². The van der Waals surface area contributed by atoms with Crippen LogP contribution in [0.4, 0.5) is 0 Å². The van der Waals surface area contributed by atoms with Gasteiger partial charge in [0.1, 0.15) is 0 Å². The van der Waals surface area contributed by atoms with E-state index in [-0.39, 0.29) is 4.90 Å². The summed E-state index contributed by atoms with van der Waals surface area (Å²) in [6.07, 6.45) is 0. The van der Waals surface area contributed by atoms with Crippen molar-refractivity contribution in [2.75, 3.05) is 26.2 Å². The lowest BCUT2D eigenvalue weighted by atomic mass is 10.4. The third-order valence-corrected chi connectivity index (χ3v) is 4.64. The van der Waals surface area contributed by atoms with Gasteiger partial charge in [0.05, 0.1) is 4.90 Å². The van der Waals surface area contributed by atoms with Gasteiger partial charge in [-0.2, -0.15) is 4.31 Å². The predicted octanol–water partition coefficient (Wildman–Crippen LogP) is 0.934. The van der Waals surface area contributed by atoms with Crippen LogP contribution in [0.25, 0.3) is 0 Å². The SMILES string of the molecule is O=S(=O)(c1cccc(Cl)c1)N1CCNCC1. The highest BCUT2D eigenvalue weighted by Gasteiger charge is 2.25. The van der Waals surface area contributed by atoms with Crippen molar-refractivity contribution in [1.29, 1.82) is 0 Å². The fourth-order valence-electron chi connectivity index (χ4n) is 1.66. The average Bonchev–Trinajstić information content (AvgIpc) is 2.30. The minimum atomic E-state index is -3.38. The Morgan fingerprint density at radius 1 is 1.25 bits per heavy atom. The molecule has 0 aromatic heterocycles. The van der Waals surface area contributed by atoms with E-state index in [1.807, 2.05) is 0 Å². The molecular weight excluding hydrogens is 248 g/mol. The fourth-order valence-corrected chi connectivity index (χ4v) is 3.40. The molecule has 0 unspecified atom stereocenters. The highest BCUT2D eigenvalue weighted by atomic mass is 35.5. The van der Waals surface area contributed by atoms with Gasteiger partial charge in [0.2, 0.25) is 10.0 Å². The van der Waals surface area contributed by atoms with Crippen LogP contribution in [0.3, 0.4) is 0 Å². The first kappa shape index (κ1) is 11.9. The summed E-state index contributed by atoms with van der Waals surface area (Å²) in [5, 5.41) is 3.56. The summed E-state index contributed by atoms with van der Waals surface area (Å²) in [5.74, 6) is 0. The second kappa shape index (κ2) is 4.71. The van der Waals surface area contributed by atoms with Gasteiger partial charge in [-0.25, -0.2) is 8.42 Å². The maximum Gasteiger partial charge on any atom is 0.243 e. The molecule has 1 heterocycles. The maximum atomic E-state index is 12.2. The Kier molecular flexibility index (Phi) is 3.49. The molecule has 16 heavy (non-hydrogen) atoms. The Hall–Kier alpha value is -0.620. The second-order valence-corrected chi connectivity index (χ2v) is 5.99. The lowest BCUT2D eigenvalue weighted by Gasteiger charge is -2.26. The molecule has 0 aliphatic carbocycles. The van der Waals surface area contributed by atoms with Gasteiger partial charge in [-0.15, -0.1) is 0 Å². The van der Waals surface area contributed by atoms with Crippen LogP contribution >= 0.6 is 11.6 Å². The highest BCUT2D eigenvalue weighted by Crippen LogP contribution is 2.19. The van der Waals surface area contributed by atoms with Crippen LogP contribution in [0.1, 0.15) is 0 Å². The van der Waals surface area contributed by atoms with E-state index in [9.17, 15) is 8.42 Å². The molecule has 4 nitrogen and oxygen atoms in total. The van der Waals surface area contributed by atoms with E-state index in [0.29, 0.717) is 31.2 Å². The van der Waals surface area contributed by atoms with Crippen LogP contribution in [0.2, 0.25) is 5.02 Å². The van der Waals surface area contributed by atoms with Gasteiger partial charge in [0.25, 0.3) is 0 Å². The Morgan fingerprint density at radius 3 is 2.56 bits per heavy atom. The first-order valence-corrected chi connectivity index (χ1v) is 6.89. The lowest BCUT2D eigenvalue weighted by Crippen LogP contribution is -2.46. The highest BCUT2D eigenvalue weighted by molar-refractivity contribution is 7.89. The van der Waals surface area contributed by atoms with Crippen LogP contribution < -0.4 is 5.32 Å². The molecule has 1 saturated heterocycles. The van der Waals surface area contributed by atoms with E-state index in [1.54, 1.807) is 18.2 Å².